The molecule has 2 aliphatic carbocycles. The van der Waals surface area contributed by atoms with Crippen molar-refractivity contribution in [2.75, 3.05) is 16.8 Å². The first-order valence-corrected chi connectivity index (χ1v) is 17.1. The molecule has 1 aromatic heterocycles. The molecule has 1 saturated heterocycles. The van der Waals surface area contributed by atoms with Crippen LogP contribution in [0.2, 0.25) is 10.0 Å². The summed E-state index contributed by atoms with van der Waals surface area (Å²) in [6, 6.07) is 17.3. The van der Waals surface area contributed by atoms with Crippen molar-refractivity contribution in [3.63, 3.8) is 0 Å². The van der Waals surface area contributed by atoms with Gasteiger partial charge in [-0.25, -0.2) is 4.39 Å². The zero-order valence-corrected chi connectivity index (χ0v) is 26.9. The van der Waals surface area contributed by atoms with Gasteiger partial charge >= 0.3 is 4.87 Å². The molecule has 2 saturated carbocycles. The number of imide groups is 1. The molecule has 234 valence electrons. The molecule has 13 heteroatoms. The van der Waals surface area contributed by atoms with Crippen molar-refractivity contribution in [1.29, 1.82) is 0 Å². The van der Waals surface area contributed by atoms with Crippen LogP contribution in [-0.4, -0.2) is 34.6 Å². The molecule has 3 amide bonds. The van der Waals surface area contributed by atoms with Crippen molar-refractivity contribution < 1.29 is 23.5 Å². The van der Waals surface area contributed by atoms with Gasteiger partial charge in [-0.3, -0.25) is 24.1 Å². The second kappa shape index (κ2) is 11.3. The summed E-state index contributed by atoms with van der Waals surface area (Å²) in [7, 11) is 0. The standard InChI is InChI=1S/C33H24Cl2FN3O5S2/c34-14-1-8-18(9-2-14)39-31(41)26-20-12-21(27(26)32(39)42)28-25(20)24(29-30(45-28)38-33(43)46-29)19-11-15(35)3-10-22(19)44-13-23(40)37-17-6-4-16(36)5-7-17/h1-11,20-21,24-28H,12-13H2,(H,37,40)(H,38,43)/t20-,21-,24-,25?,26?,27?,28?/m1/s1. The number of aromatic amines is 1. The third kappa shape index (κ3) is 4.78. The molecule has 46 heavy (non-hydrogen) atoms. The monoisotopic (exact) mass is 695 g/mol. The van der Waals surface area contributed by atoms with E-state index in [4.69, 9.17) is 27.9 Å². The van der Waals surface area contributed by atoms with Gasteiger partial charge in [-0.15, -0.1) is 11.8 Å². The Bertz CT molecular complexity index is 1970. The zero-order chi connectivity index (χ0) is 31.9. The zero-order valence-electron chi connectivity index (χ0n) is 23.7. The quantitative estimate of drug-likeness (QED) is 0.221. The summed E-state index contributed by atoms with van der Waals surface area (Å²) in [5.41, 5.74) is 1.65. The Balaban J connectivity index is 1.14. The molecule has 2 N–H and O–H groups in total. The number of aromatic nitrogens is 1. The Morgan fingerprint density at radius 3 is 2.39 bits per heavy atom. The van der Waals surface area contributed by atoms with Crippen LogP contribution in [0.1, 0.15) is 22.8 Å². The van der Waals surface area contributed by atoms with Crippen molar-refractivity contribution in [3.8, 4) is 5.75 Å². The highest BCUT2D eigenvalue weighted by atomic mass is 35.5. The summed E-state index contributed by atoms with van der Waals surface area (Å²) in [6.45, 7) is -0.322. The van der Waals surface area contributed by atoms with Crippen LogP contribution in [0.4, 0.5) is 15.8 Å². The number of fused-ring (bicyclic) bond motifs is 9. The number of thiazole rings is 1. The smallest absolute Gasteiger partial charge is 0.305 e. The maximum Gasteiger partial charge on any atom is 0.305 e. The number of hydrogen-bond donors (Lipinski definition) is 2. The van der Waals surface area contributed by atoms with Crippen molar-refractivity contribution in [2.24, 2.45) is 29.6 Å². The summed E-state index contributed by atoms with van der Waals surface area (Å²) >= 11 is 15.3. The molecule has 2 aliphatic heterocycles. The number of thioether (sulfide) groups is 1. The number of rotatable bonds is 6. The largest absolute Gasteiger partial charge is 0.483 e. The van der Waals surface area contributed by atoms with Crippen molar-refractivity contribution in [3.05, 3.63) is 103 Å². The van der Waals surface area contributed by atoms with Gasteiger partial charge in [0.25, 0.3) is 5.91 Å². The number of carbonyl (C=O) groups is 3. The number of anilines is 2. The average Bonchev–Trinajstić information content (AvgIpc) is 3.77. The number of carbonyl (C=O) groups excluding carboxylic acids is 3. The molecule has 3 fully saturated rings. The Kier molecular flexibility index (Phi) is 7.28. The lowest BCUT2D eigenvalue weighted by molar-refractivity contribution is -0.123. The highest BCUT2D eigenvalue weighted by Crippen LogP contribution is 2.69. The molecule has 4 aromatic rings. The lowest BCUT2D eigenvalue weighted by Gasteiger charge is -2.43. The van der Waals surface area contributed by atoms with Crippen LogP contribution in [0.3, 0.4) is 0 Å². The first kappa shape index (κ1) is 29.7. The summed E-state index contributed by atoms with van der Waals surface area (Å²) in [4.78, 5) is 58.3. The molecular formula is C33H24Cl2FN3O5S2. The molecule has 8 rings (SSSR count). The van der Waals surface area contributed by atoms with E-state index in [-0.39, 0.29) is 52.2 Å². The fourth-order valence-corrected chi connectivity index (χ4v) is 11.2. The van der Waals surface area contributed by atoms with E-state index in [2.05, 4.69) is 10.3 Å². The number of nitrogens with one attached hydrogen (secondary N) is 2. The van der Waals surface area contributed by atoms with E-state index in [1.165, 1.54) is 29.2 Å². The maximum absolute atomic E-state index is 14.0. The molecule has 0 spiro atoms. The topological polar surface area (TPSA) is 109 Å². The van der Waals surface area contributed by atoms with E-state index < -0.39 is 23.6 Å². The van der Waals surface area contributed by atoms with Gasteiger partial charge in [0.15, 0.2) is 6.61 Å². The van der Waals surface area contributed by atoms with E-state index in [0.717, 1.165) is 27.7 Å². The summed E-state index contributed by atoms with van der Waals surface area (Å²) < 4.78 is 19.4. The number of benzene rings is 3. The second-order valence-electron chi connectivity index (χ2n) is 12.0. The van der Waals surface area contributed by atoms with Gasteiger partial charge in [0, 0.05) is 37.3 Å². The molecular weight excluding hydrogens is 672 g/mol. The molecule has 0 radical (unpaired) electrons. The lowest BCUT2D eigenvalue weighted by atomic mass is 9.68. The normalized spacial score (nSPS) is 27.4. The van der Waals surface area contributed by atoms with E-state index in [1.807, 2.05) is 0 Å². The van der Waals surface area contributed by atoms with Gasteiger partial charge in [-0.05, 0) is 90.9 Å². The summed E-state index contributed by atoms with van der Waals surface area (Å²) in [6.07, 6.45) is 0.718. The van der Waals surface area contributed by atoms with Crippen molar-refractivity contribution in [2.45, 2.75) is 22.6 Å². The summed E-state index contributed by atoms with van der Waals surface area (Å²) in [5, 5.41) is 4.38. The van der Waals surface area contributed by atoms with Crippen molar-refractivity contribution >= 4 is 75.4 Å². The molecule has 7 atom stereocenters. The van der Waals surface area contributed by atoms with E-state index >= 15 is 0 Å². The SMILES string of the molecule is O=C(COc1ccc(Cl)cc1[C@H]1c2sc(=O)[nH]c2SC2C1[C@H]1C[C@@H]2C2C(=O)N(c3ccc(Cl)cc3)C(=O)C21)Nc1ccc(F)cc1. The van der Waals surface area contributed by atoms with Crippen molar-refractivity contribution in [1.82, 2.24) is 4.98 Å². The van der Waals surface area contributed by atoms with Gasteiger partial charge < -0.3 is 15.0 Å². The molecule has 8 nitrogen and oxygen atoms in total. The average molecular weight is 697 g/mol. The minimum atomic E-state index is -0.486. The van der Waals surface area contributed by atoms with Crippen LogP contribution in [0, 0.1) is 35.4 Å². The third-order valence-corrected chi connectivity index (χ3v) is 12.7. The summed E-state index contributed by atoms with van der Waals surface area (Å²) in [5.74, 6) is -2.39. The fourth-order valence-electron chi connectivity index (χ4n) is 7.98. The van der Waals surface area contributed by atoms with Gasteiger partial charge in [-0.2, -0.15) is 0 Å². The Morgan fingerprint density at radius 1 is 0.957 bits per heavy atom. The lowest BCUT2D eigenvalue weighted by Crippen LogP contribution is -2.42. The molecule has 3 heterocycles. The van der Waals surface area contributed by atoms with Gasteiger partial charge in [0.1, 0.15) is 11.6 Å². The minimum absolute atomic E-state index is 0.0375. The number of halogens is 3. The Morgan fingerprint density at radius 2 is 1.65 bits per heavy atom. The molecule has 4 aliphatic rings. The van der Waals surface area contributed by atoms with Gasteiger partial charge in [0.05, 0.1) is 22.5 Å². The highest BCUT2D eigenvalue weighted by Gasteiger charge is 2.69. The van der Waals surface area contributed by atoms with Crippen LogP contribution in [0.25, 0.3) is 0 Å². The number of ether oxygens (including phenoxy) is 1. The number of amides is 3. The van der Waals surface area contributed by atoms with Crippen LogP contribution >= 0.6 is 46.3 Å². The fraction of sp³-hybridized carbons (Fsp3) is 0.273. The van der Waals surface area contributed by atoms with E-state index in [9.17, 15) is 23.6 Å². The molecule has 2 bridgehead atoms. The van der Waals surface area contributed by atoms with E-state index in [0.29, 0.717) is 32.7 Å². The van der Waals surface area contributed by atoms with Gasteiger partial charge in [0.2, 0.25) is 11.8 Å². The Hall–Kier alpha value is -3.64. The molecule has 3 aromatic carbocycles. The minimum Gasteiger partial charge on any atom is -0.483 e. The van der Waals surface area contributed by atoms with E-state index in [1.54, 1.807) is 54.2 Å². The first-order valence-electron chi connectivity index (χ1n) is 14.7. The predicted molar refractivity (Wildman–Crippen MR) is 174 cm³/mol. The Labute approximate surface area is 280 Å². The maximum atomic E-state index is 14.0. The number of hydrogen-bond acceptors (Lipinski definition) is 7. The number of nitrogens with zero attached hydrogens (tertiary/aromatic N) is 1. The van der Waals surface area contributed by atoms with Crippen LogP contribution in [-0.2, 0) is 14.4 Å². The number of H-pyrrole nitrogens is 1. The highest BCUT2D eigenvalue weighted by molar-refractivity contribution is 8.00. The predicted octanol–water partition coefficient (Wildman–Crippen LogP) is 6.58. The third-order valence-electron chi connectivity index (χ3n) is 9.60. The van der Waals surface area contributed by atoms with Crippen LogP contribution in [0.15, 0.2) is 76.6 Å². The van der Waals surface area contributed by atoms with Gasteiger partial charge in [-0.1, -0.05) is 34.5 Å². The second-order valence-corrected chi connectivity index (χ2v) is 15.1. The van der Waals surface area contributed by atoms with Crippen LogP contribution < -0.4 is 19.8 Å². The van der Waals surface area contributed by atoms with Crippen LogP contribution in [0.5, 0.6) is 5.75 Å². The first-order chi connectivity index (χ1) is 22.2. The molecule has 4 unspecified atom stereocenters.